The second-order valence-electron chi connectivity index (χ2n) is 4.30. The van der Waals surface area contributed by atoms with Gasteiger partial charge in [0.1, 0.15) is 0 Å². The lowest BCUT2D eigenvalue weighted by molar-refractivity contribution is 0.129. The summed E-state index contributed by atoms with van der Waals surface area (Å²) in [5.74, 6) is 0. The maximum Gasteiger partial charge on any atom is 0.0590 e. The normalized spacial score (nSPS) is 18.4. The zero-order chi connectivity index (χ0) is 10.3. The monoisotopic (exact) mass is 201 g/mol. The Bertz CT molecular complexity index is 146. The van der Waals surface area contributed by atoms with Crippen LogP contribution in [0, 0.1) is 5.41 Å². The molecule has 0 radical (unpaired) electrons. The number of unbranched alkanes of at least 4 members (excludes halogenated alkanes) is 1. The van der Waals surface area contributed by atoms with Crippen molar-refractivity contribution in [2.75, 3.05) is 32.9 Å². The van der Waals surface area contributed by atoms with E-state index in [9.17, 15) is 0 Å². The summed E-state index contributed by atoms with van der Waals surface area (Å²) in [6.07, 6.45) is 4.70. The van der Waals surface area contributed by atoms with Crippen molar-refractivity contribution < 1.29 is 9.84 Å². The molecule has 1 saturated carbocycles. The van der Waals surface area contributed by atoms with Crippen LogP contribution in [-0.2, 0) is 4.74 Å². The molecule has 1 aliphatic rings. The van der Waals surface area contributed by atoms with Crippen LogP contribution in [0.1, 0.15) is 32.6 Å². The maximum absolute atomic E-state index is 9.06. The van der Waals surface area contributed by atoms with Crippen LogP contribution in [-0.4, -0.2) is 38.0 Å². The van der Waals surface area contributed by atoms with Gasteiger partial charge in [0.25, 0.3) is 0 Å². The molecule has 0 bridgehead atoms. The van der Waals surface area contributed by atoms with Crippen molar-refractivity contribution in [1.82, 2.24) is 5.32 Å². The fraction of sp³-hybridized carbons (Fsp3) is 1.00. The molecule has 1 fully saturated rings. The van der Waals surface area contributed by atoms with Gasteiger partial charge in [-0.25, -0.2) is 0 Å². The second-order valence-corrected chi connectivity index (χ2v) is 4.30. The first-order valence-corrected chi connectivity index (χ1v) is 5.72. The van der Waals surface area contributed by atoms with E-state index in [2.05, 4.69) is 12.2 Å². The topological polar surface area (TPSA) is 41.5 Å². The molecule has 1 rings (SSSR count). The van der Waals surface area contributed by atoms with Crippen molar-refractivity contribution in [3.05, 3.63) is 0 Å². The molecule has 3 heteroatoms. The molecule has 14 heavy (non-hydrogen) atoms. The van der Waals surface area contributed by atoms with E-state index in [-0.39, 0.29) is 5.41 Å². The van der Waals surface area contributed by atoms with Crippen molar-refractivity contribution in [3.63, 3.8) is 0 Å². The second kappa shape index (κ2) is 6.38. The van der Waals surface area contributed by atoms with Gasteiger partial charge in [0.05, 0.1) is 6.61 Å². The van der Waals surface area contributed by atoms with E-state index in [0.29, 0.717) is 6.61 Å². The molecular weight excluding hydrogens is 178 g/mol. The minimum Gasteiger partial charge on any atom is -0.396 e. The minimum atomic E-state index is 0.226. The van der Waals surface area contributed by atoms with Crippen LogP contribution in [0.5, 0.6) is 0 Å². The van der Waals surface area contributed by atoms with Gasteiger partial charge in [0.2, 0.25) is 0 Å². The van der Waals surface area contributed by atoms with Gasteiger partial charge in [-0.15, -0.1) is 0 Å². The summed E-state index contributed by atoms with van der Waals surface area (Å²) in [5, 5.41) is 12.4. The zero-order valence-corrected chi connectivity index (χ0v) is 9.22. The smallest absolute Gasteiger partial charge is 0.0590 e. The van der Waals surface area contributed by atoms with E-state index in [4.69, 9.17) is 9.84 Å². The Hall–Kier alpha value is -0.120. The van der Waals surface area contributed by atoms with Gasteiger partial charge >= 0.3 is 0 Å². The summed E-state index contributed by atoms with van der Waals surface area (Å²) < 4.78 is 5.42. The van der Waals surface area contributed by atoms with Crippen LogP contribution in [0.15, 0.2) is 0 Å². The Morgan fingerprint density at radius 3 is 2.71 bits per heavy atom. The lowest BCUT2D eigenvalue weighted by Crippen LogP contribution is -2.29. The summed E-state index contributed by atoms with van der Waals surface area (Å²) in [6.45, 7) is 6.02. The Kier molecular flexibility index (Phi) is 5.45. The van der Waals surface area contributed by atoms with Gasteiger partial charge < -0.3 is 15.2 Å². The third kappa shape index (κ3) is 4.40. The number of ether oxygens (including phenoxy) is 1. The first kappa shape index (κ1) is 12.0. The van der Waals surface area contributed by atoms with E-state index in [1.807, 2.05) is 0 Å². The molecule has 2 N–H and O–H groups in total. The molecule has 0 spiro atoms. The lowest BCUT2D eigenvalue weighted by Gasteiger charge is -2.12. The van der Waals surface area contributed by atoms with E-state index in [1.54, 1.807) is 0 Å². The average molecular weight is 201 g/mol. The van der Waals surface area contributed by atoms with Crippen LogP contribution < -0.4 is 5.32 Å². The highest BCUT2D eigenvalue weighted by atomic mass is 16.5. The number of aliphatic hydroxyl groups is 1. The first-order valence-electron chi connectivity index (χ1n) is 5.72. The van der Waals surface area contributed by atoms with Crippen LogP contribution in [0.25, 0.3) is 0 Å². The van der Waals surface area contributed by atoms with Crippen molar-refractivity contribution in [3.8, 4) is 0 Å². The molecule has 0 aromatic heterocycles. The summed E-state index contributed by atoms with van der Waals surface area (Å²) in [5.41, 5.74) is 0.226. The lowest BCUT2D eigenvalue weighted by atomic mass is 10.1. The predicted octanol–water partition coefficient (Wildman–Crippen LogP) is 1.17. The van der Waals surface area contributed by atoms with Gasteiger partial charge in [0.15, 0.2) is 0 Å². The first-order chi connectivity index (χ1) is 6.83. The molecule has 0 heterocycles. The quantitative estimate of drug-likeness (QED) is 0.550. The summed E-state index contributed by atoms with van der Waals surface area (Å²) in [6, 6.07) is 0. The molecule has 0 unspecified atom stereocenters. The fourth-order valence-corrected chi connectivity index (χ4v) is 1.41. The van der Waals surface area contributed by atoms with Gasteiger partial charge in [0, 0.05) is 31.7 Å². The van der Waals surface area contributed by atoms with E-state index >= 15 is 0 Å². The predicted molar refractivity (Wildman–Crippen MR) is 57.3 cm³/mol. The van der Waals surface area contributed by atoms with Crippen LogP contribution >= 0.6 is 0 Å². The largest absolute Gasteiger partial charge is 0.396 e. The number of aliphatic hydroxyl groups excluding tert-OH is 1. The number of nitrogens with one attached hydrogen (secondary N) is 1. The summed E-state index contributed by atoms with van der Waals surface area (Å²) >= 11 is 0. The number of rotatable bonds is 9. The van der Waals surface area contributed by atoms with E-state index in [1.165, 1.54) is 19.3 Å². The van der Waals surface area contributed by atoms with Crippen LogP contribution in [0.3, 0.4) is 0 Å². The van der Waals surface area contributed by atoms with Gasteiger partial charge in [-0.3, -0.25) is 0 Å². The summed E-state index contributed by atoms with van der Waals surface area (Å²) in [7, 11) is 0. The van der Waals surface area contributed by atoms with E-state index in [0.717, 1.165) is 32.7 Å². The maximum atomic E-state index is 9.06. The van der Waals surface area contributed by atoms with E-state index < -0.39 is 0 Å². The molecule has 0 aromatic rings. The molecule has 3 nitrogen and oxygen atoms in total. The Morgan fingerprint density at radius 1 is 1.36 bits per heavy atom. The Balaban J connectivity index is 1.80. The summed E-state index contributed by atoms with van der Waals surface area (Å²) in [4.78, 5) is 0. The SMILES string of the molecule is CCCCOCCNCC1(CO)CC1. The zero-order valence-electron chi connectivity index (χ0n) is 9.22. The van der Waals surface area contributed by atoms with Crippen molar-refractivity contribution >= 4 is 0 Å². The highest BCUT2D eigenvalue weighted by molar-refractivity contribution is 4.94. The average Bonchev–Trinajstić information content (AvgIpc) is 2.98. The standard InChI is InChI=1S/C11H23NO2/c1-2-3-7-14-8-6-12-9-11(10-13)4-5-11/h12-13H,2-10H2,1H3. The van der Waals surface area contributed by atoms with Crippen LogP contribution in [0.4, 0.5) is 0 Å². The Labute approximate surface area is 86.8 Å². The molecular formula is C11H23NO2. The highest BCUT2D eigenvalue weighted by Gasteiger charge is 2.41. The molecule has 0 amide bonds. The van der Waals surface area contributed by atoms with Gasteiger partial charge in [-0.05, 0) is 19.3 Å². The molecule has 84 valence electrons. The van der Waals surface area contributed by atoms with Crippen molar-refractivity contribution in [1.29, 1.82) is 0 Å². The third-order valence-corrected chi connectivity index (χ3v) is 2.86. The molecule has 0 saturated heterocycles. The molecule has 0 aromatic carbocycles. The molecule has 0 atom stereocenters. The van der Waals surface area contributed by atoms with Crippen molar-refractivity contribution in [2.45, 2.75) is 32.6 Å². The van der Waals surface area contributed by atoms with Gasteiger partial charge in [-0.1, -0.05) is 13.3 Å². The van der Waals surface area contributed by atoms with Gasteiger partial charge in [-0.2, -0.15) is 0 Å². The minimum absolute atomic E-state index is 0.226. The number of hydrogen-bond acceptors (Lipinski definition) is 3. The molecule has 0 aliphatic heterocycles. The Morgan fingerprint density at radius 2 is 2.14 bits per heavy atom. The third-order valence-electron chi connectivity index (χ3n) is 2.86. The van der Waals surface area contributed by atoms with Crippen molar-refractivity contribution in [2.24, 2.45) is 5.41 Å². The fourth-order valence-electron chi connectivity index (χ4n) is 1.41. The highest BCUT2D eigenvalue weighted by Crippen LogP contribution is 2.44. The number of hydrogen-bond donors (Lipinski definition) is 2. The van der Waals surface area contributed by atoms with Crippen LogP contribution in [0.2, 0.25) is 0 Å². The molecule has 1 aliphatic carbocycles.